The first kappa shape index (κ1) is 20.3. The number of benzene rings is 2. The van der Waals surface area contributed by atoms with Gasteiger partial charge in [-0.3, -0.25) is 14.0 Å². The van der Waals surface area contributed by atoms with Crippen molar-refractivity contribution < 1.29 is 9.59 Å². The number of aromatic nitrogens is 3. The van der Waals surface area contributed by atoms with E-state index in [-0.39, 0.29) is 11.6 Å². The van der Waals surface area contributed by atoms with E-state index in [2.05, 4.69) is 22.2 Å². The van der Waals surface area contributed by atoms with E-state index in [4.69, 9.17) is 5.73 Å². The van der Waals surface area contributed by atoms with Crippen LogP contribution in [0.1, 0.15) is 46.3 Å². The summed E-state index contributed by atoms with van der Waals surface area (Å²) in [6.07, 6.45) is 4.11. The Morgan fingerprint density at radius 1 is 1.06 bits per heavy atom. The number of imidazole rings is 1. The van der Waals surface area contributed by atoms with E-state index in [1.807, 2.05) is 54.6 Å². The second kappa shape index (κ2) is 8.79. The highest BCUT2D eigenvalue weighted by atomic mass is 16.2. The van der Waals surface area contributed by atoms with E-state index in [1.54, 1.807) is 10.5 Å². The smallest absolute Gasteiger partial charge is 0.271 e. The number of rotatable bonds is 7. The topological polar surface area (TPSA) is 102 Å². The molecule has 2 amide bonds. The molecule has 4 aromatic rings. The van der Waals surface area contributed by atoms with E-state index in [9.17, 15) is 9.59 Å². The molecule has 0 radical (unpaired) electrons. The summed E-state index contributed by atoms with van der Waals surface area (Å²) in [5, 5.41) is 2.97. The highest BCUT2D eigenvalue weighted by Gasteiger charge is 2.18. The second-order valence-corrected chi connectivity index (χ2v) is 7.25. The van der Waals surface area contributed by atoms with Crippen LogP contribution >= 0.6 is 0 Å². The number of nitrogens with two attached hydrogens (primary N) is 1. The third-order valence-corrected chi connectivity index (χ3v) is 5.07. The number of primary amides is 1. The fraction of sp³-hybridized carbons (Fsp3) is 0.167. The molecule has 0 aliphatic heterocycles. The van der Waals surface area contributed by atoms with Gasteiger partial charge in [-0.1, -0.05) is 61.9 Å². The monoisotopic (exact) mass is 413 g/mol. The zero-order chi connectivity index (χ0) is 21.8. The molecule has 0 saturated heterocycles. The van der Waals surface area contributed by atoms with Crippen molar-refractivity contribution >= 4 is 23.3 Å². The van der Waals surface area contributed by atoms with E-state index in [0.29, 0.717) is 17.0 Å². The maximum absolute atomic E-state index is 13.3. The maximum Gasteiger partial charge on any atom is 0.271 e. The molecule has 7 nitrogen and oxygen atoms in total. The number of hydrogen-bond acceptors (Lipinski definition) is 4. The number of fused-ring (bicyclic) bond motifs is 1. The fourth-order valence-corrected chi connectivity index (χ4v) is 3.51. The largest absolute Gasteiger partial charge is 0.364 e. The maximum atomic E-state index is 13.3. The third kappa shape index (κ3) is 4.16. The molecule has 31 heavy (non-hydrogen) atoms. The van der Waals surface area contributed by atoms with Gasteiger partial charge in [-0.05, 0) is 30.0 Å². The number of nitrogens with zero attached hydrogens (tertiary/aromatic N) is 3. The molecule has 0 bridgehead atoms. The van der Waals surface area contributed by atoms with E-state index >= 15 is 0 Å². The lowest BCUT2D eigenvalue weighted by molar-refractivity contribution is 0.0995. The summed E-state index contributed by atoms with van der Waals surface area (Å²) >= 11 is 0. The summed E-state index contributed by atoms with van der Waals surface area (Å²) in [5.41, 5.74) is 8.98. The van der Waals surface area contributed by atoms with Crippen molar-refractivity contribution in [1.29, 1.82) is 0 Å². The van der Waals surface area contributed by atoms with Gasteiger partial charge in [0, 0.05) is 17.3 Å². The standard InChI is InChI=1S/C24H23N5O2/c1-2-3-11-17-14-20(29-15-26-21(22(25)30)23(29)27-17)28-24(31)19-13-8-7-12-18(19)16-9-5-4-6-10-16/h4-10,12-15H,2-3,11H2,1H3,(H2,25,30)(H,28,31). The average molecular weight is 413 g/mol. The molecule has 0 saturated carbocycles. The van der Waals surface area contributed by atoms with Gasteiger partial charge in [0.2, 0.25) is 0 Å². The van der Waals surface area contributed by atoms with E-state index in [0.717, 1.165) is 36.1 Å². The van der Waals surface area contributed by atoms with Gasteiger partial charge in [0.05, 0.1) is 0 Å². The van der Waals surface area contributed by atoms with Crippen LogP contribution in [0.4, 0.5) is 5.82 Å². The first-order valence-corrected chi connectivity index (χ1v) is 10.2. The Kier molecular flexibility index (Phi) is 5.75. The van der Waals surface area contributed by atoms with Crippen LogP contribution in [0.2, 0.25) is 0 Å². The number of carbonyl (C=O) groups excluding carboxylic acids is 2. The van der Waals surface area contributed by atoms with Crippen LogP contribution in [0.15, 0.2) is 67.0 Å². The van der Waals surface area contributed by atoms with Gasteiger partial charge in [-0.25, -0.2) is 9.97 Å². The normalized spacial score (nSPS) is 10.9. The van der Waals surface area contributed by atoms with Gasteiger partial charge in [0.1, 0.15) is 12.1 Å². The Morgan fingerprint density at radius 2 is 1.81 bits per heavy atom. The van der Waals surface area contributed by atoms with Gasteiger partial charge >= 0.3 is 0 Å². The number of anilines is 1. The average Bonchev–Trinajstić information content (AvgIpc) is 3.23. The van der Waals surface area contributed by atoms with Gasteiger partial charge in [-0.15, -0.1) is 0 Å². The minimum absolute atomic E-state index is 0.0820. The zero-order valence-electron chi connectivity index (χ0n) is 17.2. The van der Waals surface area contributed by atoms with Gasteiger partial charge in [0.25, 0.3) is 11.8 Å². The van der Waals surface area contributed by atoms with Crippen LogP contribution in [-0.4, -0.2) is 26.2 Å². The van der Waals surface area contributed by atoms with Crippen molar-refractivity contribution in [3.8, 4) is 11.1 Å². The Hall–Kier alpha value is -4.00. The zero-order valence-corrected chi connectivity index (χ0v) is 17.2. The van der Waals surface area contributed by atoms with Crippen molar-refractivity contribution in [3.63, 3.8) is 0 Å². The summed E-state index contributed by atoms with van der Waals surface area (Å²) in [6.45, 7) is 2.09. The van der Waals surface area contributed by atoms with Crippen LogP contribution in [0.3, 0.4) is 0 Å². The van der Waals surface area contributed by atoms with E-state index in [1.165, 1.54) is 6.33 Å². The molecule has 2 aromatic carbocycles. The number of unbranched alkanes of at least 4 members (excludes halogenated alkanes) is 1. The predicted octanol–water partition coefficient (Wildman–Crippen LogP) is 4.09. The first-order valence-electron chi connectivity index (χ1n) is 10.2. The van der Waals surface area contributed by atoms with Gasteiger partial charge in [0.15, 0.2) is 11.3 Å². The summed E-state index contributed by atoms with van der Waals surface area (Å²) in [4.78, 5) is 33.7. The molecule has 0 aliphatic carbocycles. The lowest BCUT2D eigenvalue weighted by Gasteiger charge is -2.13. The molecule has 2 aromatic heterocycles. The summed E-state index contributed by atoms with van der Waals surface area (Å²) in [5.74, 6) is -0.430. The molecule has 0 aliphatic rings. The summed E-state index contributed by atoms with van der Waals surface area (Å²) < 4.78 is 1.58. The van der Waals surface area contributed by atoms with Crippen LogP contribution < -0.4 is 11.1 Å². The van der Waals surface area contributed by atoms with Crippen molar-refractivity contribution in [3.05, 3.63) is 83.9 Å². The Labute approximate surface area is 180 Å². The van der Waals surface area contributed by atoms with Crippen molar-refractivity contribution in [2.24, 2.45) is 5.73 Å². The van der Waals surface area contributed by atoms with Gasteiger partial charge < -0.3 is 11.1 Å². The predicted molar refractivity (Wildman–Crippen MR) is 120 cm³/mol. The Balaban J connectivity index is 1.75. The number of amides is 2. The van der Waals surface area contributed by atoms with E-state index < -0.39 is 5.91 Å². The third-order valence-electron chi connectivity index (χ3n) is 5.07. The van der Waals surface area contributed by atoms with Crippen molar-refractivity contribution in [1.82, 2.24) is 14.4 Å². The quantitative estimate of drug-likeness (QED) is 0.476. The molecule has 7 heteroatoms. The van der Waals surface area contributed by atoms with Crippen LogP contribution in [-0.2, 0) is 6.42 Å². The van der Waals surface area contributed by atoms with Crippen molar-refractivity contribution in [2.75, 3.05) is 5.32 Å². The number of nitrogens with one attached hydrogen (secondary N) is 1. The first-order chi connectivity index (χ1) is 15.1. The lowest BCUT2D eigenvalue weighted by Crippen LogP contribution is -2.17. The Morgan fingerprint density at radius 3 is 2.55 bits per heavy atom. The molecule has 0 atom stereocenters. The SMILES string of the molecule is CCCCc1cc(NC(=O)c2ccccc2-c2ccccc2)n2cnc(C(N)=O)c2n1. The van der Waals surface area contributed by atoms with Gasteiger partial charge in [-0.2, -0.15) is 0 Å². The summed E-state index contributed by atoms with van der Waals surface area (Å²) in [6, 6.07) is 19.0. The fourth-order valence-electron chi connectivity index (χ4n) is 3.51. The number of aryl methyl sites for hydroxylation is 1. The molecule has 4 rings (SSSR count). The summed E-state index contributed by atoms with van der Waals surface area (Å²) in [7, 11) is 0. The second-order valence-electron chi connectivity index (χ2n) is 7.25. The van der Waals surface area contributed by atoms with Crippen LogP contribution in [0, 0.1) is 0 Å². The minimum Gasteiger partial charge on any atom is -0.364 e. The minimum atomic E-state index is -0.658. The molecular formula is C24H23N5O2. The lowest BCUT2D eigenvalue weighted by atomic mass is 9.99. The van der Waals surface area contributed by atoms with Crippen LogP contribution in [0.25, 0.3) is 16.8 Å². The number of carbonyl (C=O) groups is 2. The molecule has 3 N–H and O–H groups in total. The molecule has 2 heterocycles. The highest BCUT2D eigenvalue weighted by molar-refractivity contribution is 6.08. The molecule has 156 valence electrons. The highest BCUT2D eigenvalue weighted by Crippen LogP contribution is 2.25. The Bertz CT molecular complexity index is 1250. The molecule has 0 unspecified atom stereocenters. The van der Waals surface area contributed by atoms with Crippen molar-refractivity contribution in [2.45, 2.75) is 26.2 Å². The molecule has 0 fully saturated rings. The molecular weight excluding hydrogens is 390 g/mol. The number of hydrogen-bond donors (Lipinski definition) is 2. The van der Waals surface area contributed by atoms with Crippen LogP contribution in [0.5, 0.6) is 0 Å². The molecule has 0 spiro atoms.